The molecule has 7 heteroatoms. The third-order valence-corrected chi connectivity index (χ3v) is 5.73. The summed E-state index contributed by atoms with van der Waals surface area (Å²) in [5.74, 6) is -0.185. The van der Waals surface area contributed by atoms with Crippen LogP contribution in [0.1, 0.15) is 21.7 Å². The van der Waals surface area contributed by atoms with Gasteiger partial charge in [0, 0.05) is 39.3 Å². The van der Waals surface area contributed by atoms with Gasteiger partial charge in [0.15, 0.2) is 5.13 Å². The summed E-state index contributed by atoms with van der Waals surface area (Å²) in [6, 6.07) is 17.5. The van der Waals surface area contributed by atoms with Crippen molar-refractivity contribution >= 4 is 33.3 Å². The summed E-state index contributed by atoms with van der Waals surface area (Å²) in [5.41, 5.74) is 6.44. The van der Waals surface area contributed by atoms with Gasteiger partial charge < -0.3 is 4.98 Å². The first-order chi connectivity index (χ1) is 14.6. The molecule has 3 heterocycles. The minimum atomic E-state index is -0.185. The Labute approximate surface area is 177 Å². The molecule has 2 aromatic carbocycles. The number of nitrogens with one attached hydrogen (secondary N) is 2. The second-order valence-electron chi connectivity index (χ2n) is 7.13. The molecule has 5 rings (SSSR count). The van der Waals surface area contributed by atoms with Gasteiger partial charge >= 0.3 is 0 Å². The van der Waals surface area contributed by atoms with Crippen LogP contribution in [0.25, 0.3) is 27.8 Å². The van der Waals surface area contributed by atoms with E-state index in [1.54, 1.807) is 12.1 Å². The number of amides is 1. The van der Waals surface area contributed by atoms with E-state index < -0.39 is 0 Å². The fourth-order valence-electron chi connectivity index (χ4n) is 3.55. The van der Waals surface area contributed by atoms with Crippen LogP contribution in [0.5, 0.6) is 0 Å². The van der Waals surface area contributed by atoms with E-state index in [0.717, 1.165) is 39.2 Å². The van der Waals surface area contributed by atoms with Crippen molar-refractivity contribution in [3.05, 3.63) is 83.1 Å². The number of rotatable bonds is 4. The Balaban J connectivity index is 1.34. The molecule has 6 nitrogen and oxygen atoms in total. The molecule has 5 aromatic rings. The Morgan fingerprint density at radius 2 is 1.90 bits per heavy atom. The van der Waals surface area contributed by atoms with Crippen LogP contribution in [-0.4, -0.2) is 25.7 Å². The average Bonchev–Trinajstić information content (AvgIpc) is 3.46. The topological polar surface area (TPSA) is 75.6 Å². The molecule has 0 saturated carbocycles. The number of H-pyrrole nitrogens is 1. The van der Waals surface area contributed by atoms with Crippen molar-refractivity contribution in [1.82, 2.24) is 19.7 Å². The number of aromatic nitrogens is 4. The van der Waals surface area contributed by atoms with Gasteiger partial charge in [-0.25, -0.2) is 9.67 Å². The van der Waals surface area contributed by atoms with E-state index in [0.29, 0.717) is 10.7 Å². The zero-order valence-electron chi connectivity index (χ0n) is 16.5. The maximum atomic E-state index is 12.7. The van der Waals surface area contributed by atoms with Crippen molar-refractivity contribution in [3.63, 3.8) is 0 Å². The molecule has 2 N–H and O–H groups in total. The van der Waals surface area contributed by atoms with Gasteiger partial charge in [0.25, 0.3) is 5.91 Å². The highest BCUT2D eigenvalue weighted by atomic mass is 32.1. The summed E-state index contributed by atoms with van der Waals surface area (Å²) in [6.45, 7) is 3.97. The highest BCUT2D eigenvalue weighted by Crippen LogP contribution is 2.31. The highest BCUT2D eigenvalue weighted by molar-refractivity contribution is 7.14. The number of fused-ring (bicyclic) bond motifs is 1. The fraction of sp³-hybridized carbons (Fsp3) is 0.0870. The summed E-state index contributed by atoms with van der Waals surface area (Å²) >= 11 is 1.41. The lowest BCUT2D eigenvalue weighted by Crippen LogP contribution is -2.12. The predicted octanol–water partition coefficient (Wildman–Crippen LogP) is 5.35. The molecule has 3 aromatic heterocycles. The molecule has 1 amide bonds. The zero-order chi connectivity index (χ0) is 20.7. The molecule has 0 fully saturated rings. The van der Waals surface area contributed by atoms with Crippen molar-refractivity contribution in [1.29, 1.82) is 0 Å². The third-order valence-electron chi connectivity index (χ3n) is 4.97. The number of carbonyl (C=O) groups is 1. The number of anilines is 1. The number of thiazole rings is 1. The van der Waals surface area contributed by atoms with E-state index in [9.17, 15) is 4.79 Å². The van der Waals surface area contributed by atoms with Gasteiger partial charge in [-0.1, -0.05) is 18.2 Å². The van der Waals surface area contributed by atoms with Gasteiger partial charge in [-0.3, -0.25) is 10.1 Å². The molecule has 0 spiro atoms. The first kappa shape index (κ1) is 18.3. The summed E-state index contributed by atoms with van der Waals surface area (Å²) in [7, 11) is 0. The number of para-hydroxylation sites is 1. The van der Waals surface area contributed by atoms with Crippen molar-refractivity contribution in [3.8, 4) is 16.9 Å². The molecule has 0 aliphatic carbocycles. The van der Waals surface area contributed by atoms with Gasteiger partial charge in [-0.15, -0.1) is 11.3 Å². The van der Waals surface area contributed by atoms with Gasteiger partial charge in [-0.05, 0) is 50.2 Å². The molecule has 0 atom stereocenters. The number of nitrogens with zero attached hydrogens (tertiary/aromatic N) is 3. The Kier molecular flexibility index (Phi) is 4.44. The summed E-state index contributed by atoms with van der Waals surface area (Å²) in [4.78, 5) is 20.5. The van der Waals surface area contributed by atoms with Crippen LogP contribution in [0, 0.1) is 13.8 Å². The molecular formula is C23H19N5OS. The molecule has 0 saturated heterocycles. The number of aromatic amines is 1. The Hall–Kier alpha value is -3.71. The monoisotopic (exact) mass is 413 g/mol. The lowest BCUT2D eigenvalue weighted by molar-refractivity contribution is 0.102. The SMILES string of the molecule is Cc1cc(C)n(-c2ccc(C(=O)Nc3nc(-c4c[nH]c5ccccc45)cs3)cc2)n1. The van der Waals surface area contributed by atoms with Crippen LogP contribution in [0.2, 0.25) is 0 Å². The molecule has 0 aliphatic rings. The maximum Gasteiger partial charge on any atom is 0.257 e. The molecule has 0 unspecified atom stereocenters. The molecular weight excluding hydrogens is 394 g/mol. The minimum Gasteiger partial charge on any atom is -0.360 e. The van der Waals surface area contributed by atoms with Gasteiger partial charge in [0.1, 0.15) is 0 Å². The highest BCUT2D eigenvalue weighted by Gasteiger charge is 2.13. The zero-order valence-corrected chi connectivity index (χ0v) is 17.3. The number of hydrogen-bond acceptors (Lipinski definition) is 4. The van der Waals surface area contributed by atoms with Crippen molar-refractivity contribution in [2.45, 2.75) is 13.8 Å². The Bertz CT molecular complexity index is 1360. The molecule has 0 bridgehead atoms. The van der Waals surface area contributed by atoms with Crippen LogP contribution >= 0.6 is 11.3 Å². The second kappa shape index (κ2) is 7.27. The second-order valence-corrected chi connectivity index (χ2v) is 7.98. The average molecular weight is 414 g/mol. The van der Waals surface area contributed by atoms with Gasteiger partial charge in [-0.2, -0.15) is 5.10 Å². The fourth-order valence-corrected chi connectivity index (χ4v) is 4.26. The standard InChI is InChI=1S/C23H19N5OS/c1-14-11-15(2)28(27-14)17-9-7-16(8-10-17)22(29)26-23-25-21(13-30-23)19-12-24-20-6-4-3-5-18(19)20/h3-13,24H,1-2H3,(H,25,26,29). The summed E-state index contributed by atoms with van der Waals surface area (Å²) in [6.07, 6.45) is 1.95. The minimum absolute atomic E-state index is 0.185. The quantitative estimate of drug-likeness (QED) is 0.417. The van der Waals surface area contributed by atoms with Crippen LogP contribution in [0.3, 0.4) is 0 Å². The van der Waals surface area contributed by atoms with E-state index >= 15 is 0 Å². The number of hydrogen-bond donors (Lipinski definition) is 2. The smallest absolute Gasteiger partial charge is 0.257 e. The predicted molar refractivity (Wildman–Crippen MR) is 120 cm³/mol. The van der Waals surface area contributed by atoms with E-state index in [2.05, 4.69) is 26.4 Å². The largest absolute Gasteiger partial charge is 0.360 e. The normalized spacial score (nSPS) is 11.1. The van der Waals surface area contributed by atoms with E-state index in [1.807, 2.05) is 66.5 Å². The van der Waals surface area contributed by atoms with E-state index in [-0.39, 0.29) is 5.91 Å². The summed E-state index contributed by atoms with van der Waals surface area (Å²) < 4.78 is 1.87. The van der Waals surface area contributed by atoms with Crippen molar-refractivity contribution < 1.29 is 4.79 Å². The Morgan fingerprint density at radius 3 is 2.67 bits per heavy atom. The van der Waals surface area contributed by atoms with E-state index in [4.69, 9.17) is 0 Å². The molecule has 0 radical (unpaired) electrons. The van der Waals surface area contributed by atoms with Crippen molar-refractivity contribution in [2.75, 3.05) is 5.32 Å². The third kappa shape index (κ3) is 3.29. The van der Waals surface area contributed by atoms with Crippen LogP contribution in [-0.2, 0) is 0 Å². The maximum absolute atomic E-state index is 12.7. The number of aryl methyl sites for hydroxylation is 2. The van der Waals surface area contributed by atoms with Crippen LogP contribution < -0.4 is 5.32 Å². The van der Waals surface area contributed by atoms with E-state index in [1.165, 1.54) is 11.3 Å². The lowest BCUT2D eigenvalue weighted by atomic mass is 10.1. The summed E-state index contributed by atoms with van der Waals surface area (Å²) in [5, 5.41) is 11.0. The lowest BCUT2D eigenvalue weighted by Gasteiger charge is -2.06. The molecule has 148 valence electrons. The number of carbonyl (C=O) groups excluding carboxylic acids is 1. The van der Waals surface area contributed by atoms with Gasteiger partial charge in [0.2, 0.25) is 0 Å². The van der Waals surface area contributed by atoms with Gasteiger partial charge in [0.05, 0.1) is 17.1 Å². The van der Waals surface area contributed by atoms with Crippen LogP contribution in [0.15, 0.2) is 66.2 Å². The van der Waals surface area contributed by atoms with Crippen LogP contribution in [0.4, 0.5) is 5.13 Å². The Morgan fingerprint density at radius 1 is 1.10 bits per heavy atom. The van der Waals surface area contributed by atoms with Crippen molar-refractivity contribution in [2.24, 2.45) is 0 Å². The molecule has 30 heavy (non-hydrogen) atoms. The number of benzene rings is 2. The first-order valence-corrected chi connectivity index (χ1v) is 10.4. The molecule has 0 aliphatic heterocycles. The first-order valence-electron chi connectivity index (χ1n) is 9.55.